The van der Waals surface area contributed by atoms with Crippen molar-refractivity contribution in [3.05, 3.63) is 47.2 Å². The highest BCUT2D eigenvalue weighted by atomic mass is 32.2. The van der Waals surface area contributed by atoms with Crippen LogP contribution in [0.4, 0.5) is 0 Å². The fourth-order valence-corrected chi connectivity index (χ4v) is 2.40. The lowest BCUT2D eigenvalue weighted by atomic mass is 10.1. The largest absolute Gasteiger partial charge is 0.495 e. The number of hydrogen-bond donors (Lipinski definition) is 1. The third kappa shape index (κ3) is 3.13. The van der Waals surface area contributed by atoms with E-state index in [9.17, 15) is 4.79 Å². The van der Waals surface area contributed by atoms with Crippen LogP contribution in [0, 0.1) is 11.3 Å². The van der Waals surface area contributed by atoms with Gasteiger partial charge in [0.25, 0.3) is 0 Å². The molecule has 0 unspecified atom stereocenters. The van der Waals surface area contributed by atoms with Crippen LogP contribution < -0.4 is 4.74 Å². The first-order valence-electron chi connectivity index (χ1n) is 5.67. The maximum absolute atomic E-state index is 10.7. The van der Waals surface area contributed by atoms with Crippen molar-refractivity contribution in [3.63, 3.8) is 0 Å². The third-order valence-corrected chi connectivity index (χ3v) is 3.54. The number of ether oxygens (including phenoxy) is 1. The Labute approximate surface area is 119 Å². The van der Waals surface area contributed by atoms with Crippen molar-refractivity contribution in [2.75, 3.05) is 7.11 Å². The topological polar surface area (TPSA) is 83.5 Å². The van der Waals surface area contributed by atoms with E-state index < -0.39 is 5.97 Å². The lowest BCUT2D eigenvalue weighted by Gasteiger charge is -2.05. The zero-order valence-corrected chi connectivity index (χ0v) is 11.4. The van der Waals surface area contributed by atoms with E-state index in [0.717, 1.165) is 5.56 Å². The van der Waals surface area contributed by atoms with E-state index in [1.165, 1.54) is 24.9 Å². The number of thioether (sulfide) groups is 1. The quantitative estimate of drug-likeness (QED) is 0.851. The summed E-state index contributed by atoms with van der Waals surface area (Å²) in [6, 6.07) is 10.4. The lowest BCUT2D eigenvalue weighted by Crippen LogP contribution is -1.91. The molecule has 6 heteroatoms. The summed E-state index contributed by atoms with van der Waals surface area (Å²) in [5.74, 6) is -0.0638. The molecule has 1 aromatic heterocycles. The van der Waals surface area contributed by atoms with Gasteiger partial charge in [-0.3, -0.25) is 0 Å². The zero-order chi connectivity index (χ0) is 14.5. The van der Waals surface area contributed by atoms with Gasteiger partial charge in [0.15, 0.2) is 5.09 Å². The Bertz CT molecular complexity index is 672. The van der Waals surface area contributed by atoms with Crippen molar-refractivity contribution in [3.8, 4) is 11.8 Å². The zero-order valence-electron chi connectivity index (χ0n) is 10.6. The molecule has 0 aliphatic heterocycles. The van der Waals surface area contributed by atoms with Crippen LogP contribution in [0.15, 0.2) is 39.8 Å². The average Bonchev–Trinajstić information content (AvgIpc) is 2.94. The van der Waals surface area contributed by atoms with E-state index >= 15 is 0 Å². The third-order valence-electron chi connectivity index (χ3n) is 2.56. The first kappa shape index (κ1) is 14.0. The van der Waals surface area contributed by atoms with Gasteiger partial charge in [-0.15, -0.1) is 0 Å². The van der Waals surface area contributed by atoms with E-state index in [2.05, 4.69) is 6.07 Å². The normalized spacial score (nSPS) is 10.0. The number of nitriles is 1. The maximum atomic E-state index is 10.7. The Balaban J connectivity index is 2.07. The highest BCUT2D eigenvalue weighted by Crippen LogP contribution is 2.27. The molecule has 1 N–H and O–H groups in total. The molecule has 2 aromatic rings. The van der Waals surface area contributed by atoms with Crippen LogP contribution in [0.2, 0.25) is 0 Å². The van der Waals surface area contributed by atoms with Gasteiger partial charge in [0.2, 0.25) is 5.76 Å². The van der Waals surface area contributed by atoms with Crippen molar-refractivity contribution < 1.29 is 19.1 Å². The van der Waals surface area contributed by atoms with Gasteiger partial charge in [0, 0.05) is 5.75 Å². The molecule has 0 saturated heterocycles. The van der Waals surface area contributed by atoms with E-state index in [0.29, 0.717) is 22.2 Å². The van der Waals surface area contributed by atoms with Crippen molar-refractivity contribution in [1.82, 2.24) is 0 Å². The molecule has 1 aromatic carbocycles. The van der Waals surface area contributed by atoms with Gasteiger partial charge in [-0.05, 0) is 29.8 Å². The molecule has 102 valence electrons. The number of rotatable bonds is 5. The summed E-state index contributed by atoms with van der Waals surface area (Å²) in [6.45, 7) is 0. The Hall–Kier alpha value is -2.39. The molecule has 0 atom stereocenters. The number of methoxy groups -OCH3 is 1. The molecule has 2 rings (SSSR count). The molecule has 0 aliphatic rings. The van der Waals surface area contributed by atoms with Gasteiger partial charge in [0.1, 0.15) is 11.8 Å². The number of hydrogen-bond acceptors (Lipinski definition) is 5. The first-order chi connectivity index (χ1) is 9.63. The molecule has 0 fully saturated rings. The summed E-state index contributed by atoms with van der Waals surface area (Å²) in [7, 11) is 1.51. The second kappa shape index (κ2) is 6.17. The van der Waals surface area contributed by atoms with Crippen molar-refractivity contribution >= 4 is 17.7 Å². The molecule has 5 nitrogen and oxygen atoms in total. The Morgan fingerprint density at radius 3 is 2.85 bits per heavy atom. The predicted molar refractivity (Wildman–Crippen MR) is 72.9 cm³/mol. The SMILES string of the molecule is COc1ccc(CSc2ccc(C(=O)O)o2)cc1C#N. The number of carbonyl (C=O) groups is 1. The summed E-state index contributed by atoms with van der Waals surface area (Å²) in [5, 5.41) is 18.3. The number of benzene rings is 1. The van der Waals surface area contributed by atoms with Crippen LogP contribution in [0.25, 0.3) is 0 Å². The van der Waals surface area contributed by atoms with Gasteiger partial charge in [-0.25, -0.2) is 4.79 Å². The second-order valence-corrected chi connectivity index (χ2v) is 4.84. The van der Waals surface area contributed by atoms with E-state index in [4.69, 9.17) is 19.5 Å². The Kier molecular flexibility index (Phi) is 4.33. The van der Waals surface area contributed by atoms with Crippen LogP contribution in [0.3, 0.4) is 0 Å². The molecular weight excluding hydrogens is 278 g/mol. The molecule has 1 heterocycles. The van der Waals surface area contributed by atoms with E-state index in [1.54, 1.807) is 18.2 Å². The summed E-state index contributed by atoms with van der Waals surface area (Å²) < 4.78 is 10.2. The van der Waals surface area contributed by atoms with E-state index in [-0.39, 0.29) is 5.76 Å². The first-order valence-corrected chi connectivity index (χ1v) is 6.65. The van der Waals surface area contributed by atoms with Gasteiger partial charge in [-0.1, -0.05) is 17.8 Å². The highest BCUT2D eigenvalue weighted by molar-refractivity contribution is 7.98. The smallest absolute Gasteiger partial charge is 0.371 e. The molecule has 0 aliphatic carbocycles. The molecular formula is C14H11NO4S. The minimum atomic E-state index is -1.09. The Morgan fingerprint density at radius 2 is 2.25 bits per heavy atom. The molecule has 0 bridgehead atoms. The van der Waals surface area contributed by atoms with Crippen molar-refractivity contribution in [2.45, 2.75) is 10.8 Å². The van der Waals surface area contributed by atoms with E-state index in [1.807, 2.05) is 6.07 Å². The summed E-state index contributed by atoms with van der Waals surface area (Å²) in [4.78, 5) is 10.7. The number of furan rings is 1. The minimum Gasteiger partial charge on any atom is -0.495 e. The van der Waals surface area contributed by atoms with Crippen LogP contribution in [0.1, 0.15) is 21.7 Å². The van der Waals surface area contributed by atoms with Crippen LogP contribution in [-0.4, -0.2) is 18.2 Å². The number of aromatic carboxylic acids is 1. The molecule has 0 radical (unpaired) electrons. The van der Waals surface area contributed by atoms with Gasteiger partial charge < -0.3 is 14.3 Å². The molecule has 20 heavy (non-hydrogen) atoms. The fourth-order valence-electron chi connectivity index (χ4n) is 1.60. The monoisotopic (exact) mass is 289 g/mol. The van der Waals surface area contributed by atoms with Gasteiger partial charge >= 0.3 is 5.97 Å². The average molecular weight is 289 g/mol. The summed E-state index contributed by atoms with van der Waals surface area (Å²) in [5.41, 5.74) is 1.40. The van der Waals surface area contributed by atoms with Crippen molar-refractivity contribution in [2.24, 2.45) is 0 Å². The molecule has 0 amide bonds. The number of nitrogens with zero attached hydrogens (tertiary/aromatic N) is 1. The van der Waals surface area contributed by atoms with Crippen LogP contribution in [-0.2, 0) is 5.75 Å². The lowest BCUT2D eigenvalue weighted by molar-refractivity contribution is 0.0656. The second-order valence-electron chi connectivity index (χ2n) is 3.86. The van der Waals surface area contributed by atoms with Crippen molar-refractivity contribution in [1.29, 1.82) is 5.26 Å². The minimum absolute atomic E-state index is 0.0834. The summed E-state index contributed by atoms with van der Waals surface area (Å²) in [6.07, 6.45) is 0. The predicted octanol–water partition coefficient (Wildman–Crippen LogP) is 3.15. The summed E-state index contributed by atoms with van der Waals surface area (Å²) >= 11 is 1.36. The molecule has 0 spiro atoms. The number of carboxylic acid groups (broad SMARTS) is 1. The Morgan fingerprint density at radius 1 is 1.45 bits per heavy atom. The fraction of sp³-hybridized carbons (Fsp3) is 0.143. The number of carboxylic acids is 1. The molecule has 0 saturated carbocycles. The van der Waals surface area contributed by atoms with Crippen LogP contribution in [0.5, 0.6) is 5.75 Å². The van der Waals surface area contributed by atoms with Gasteiger partial charge in [0.05, 0.1) is 12.7 Å². The van der Waals surface area contributed by atoms with Gasteiger partial charge in [-0.2, -0.15) is 5.26 Å². The highest BCUT2D eigenvalue weighted by Gasteiger charge is 2.10. The maximum Gasteiger partial charge on any atom is 0.371 e. The van der Waals surface area contributed by atoms with Crippen LogP contribution >= 0.6 is 11.8 Å². The standard InChI is InChI=1S/C14H11NO4S/c1-18-11-3-2-9(6-10(11)7-15)8-20-13-5-4-12(19-13)14(16)17/h2-6H,8H2,1H3,(H,16,17).